The Kier molecular flexibility index (Phi) is 4.01. The van der Waals surface area contributed by atoms with Gasteiger partial charge in [0.05, 0.1) is 42.5 Å². The second-order valence-corrected chi connectivity index (χ2v) is 6.58. The minimum Gasteiger partial charge on any atom is -0.481 e. The highest BCUT2D eigenvalue weighted by atomic mass is 16.5. The number of aromatic nitrogens is 2. The van der Waals surface area contributed by atoms with Crippen LogP contribution in [0.5, 0.6) is 0 Å². The van der Waals surface area contributed by atoms with Gasteiger partial charge in [-0.15, -0.1) is 0 Å². The van der Waals surface area contributed by atoms with Gasteiger partial charge < -0.3 is 15.2 Å². The molecule has 1 aromatic heterocycles. The molecule has 4 atom stereocenters. The molecule has 130 valence electrons. The van der Waals surface area contributed by atoms with Gasteiger partial charge in [0.15, 0.2) is 0 Å². The number of ether oxygens (including phenoxy) is 1. The molecule has 7 heteroatoms. The van der Waals surface area contributed by atoms with E-state index in [1.165, 1.54) is 0 Å². The number of benzene rings is 1. The highest BCUT2D eigenvalue weighted by Crippen LogP contribution is 2.44. The molecule has 2 saturated heterocycles. The average Bonchev–Trinajstić information content (AvgIpc) is 3.31. The second-order valence-electron chi connectivity index (χ2n) is 6.58. The number of nitrogens with one attached hydrogen (secondary N) is 1. The smallest absolute Gasteiger partial charge is 0.310 e. The molecule has 1 amide bonds. The molecule has 0 radical (unpaired) electrons. The Morgan fingerprint density at radius 2 is 1.92 bits per heavy atom. The summed E-state index contributed by atoms with van der Waals surface area (Å²) in [4.78, 5) is 24.1. The van der Waals surface area contributed by atoms with Crippen LogP contribution >= 0.6 is 0 Å². The summed E-state index contributed by atoms with van der Waals surface area (Å²) in [6.07, 6.45) is 4.11. The molecule has 2 aromatic rings. The van der Waals surface area contributed by atoms with Gasteiger partial charge in [-0.25, -0.2) is 0 Å². The maximum atomic E-state index is 12.6. The fourth-order valence-corrected chi connectivity index (χ4v) is 3.84. The van der Waals surface area contributed by atoms with Crippen LogP contribution < -0.4 is 5.32 Å². The zero-order chi connectivity index (χ0) is 17.4. The van der Waals surface area contributed by atoms with E-state index in [1.54, 1.807) is 17.1 Å². The van der Waals surface area contributed by atoms with E-state index in [2.05, 4.69) is 10.4 Å². The van der Waals surface area contributed by atoms with E-state index in [-0.39, 0.29) is 18.1 Å². The van der Waals surface area contributed by atoms with Crippen LogP contribution in [0.2, 0.25) is 0 Å². The first-order chi connectivity index (χ1) is 12.1. The fourth-order valence-electron chi connectivity index (χ4n) is 3.84. The van der Waals surface area contributed by atoms with Crippen LogP contribution in [-0.4, -0.2) is 39.0 Å². The van der Waals surface area contributed by atoms with Crippen molar-refractivity contribution < 1.29 is 19.4 Å². The minimum absolute atomic E-state index is 0.300. The van der Waals surface area contributed by atoms with Crippen molar-refractivity contribution in [2.75, 3.05) is 5.32 Å². The van der Waals surface area contributed by atoms with Crippen molar-refractivity contribution in [3.8, 4) is 0 Å². The first-order valence-electron chi connectivity index (χ1n) is 8.37. The van der Waals surface area contributed by atoms with Crippen LogP contribution in [0.25, 0.3) is 0 Å². The molecule has 0 aliphatic carbocycles. The summed E-state index contributed by atoms with van der Waals surface area (Å²) in [5, 5.41) is 16.5. The van der Waals surface area contributed by atoms with Crippen molar-refractivity contribution in [1.29, 1.82) is 0 Å². The maximum Gasteiger partial charge on any atom is 0.310 e. The standard InChI is InChI=1S/C18H19N3O4/c22-17(15-13-6-7-14(25-13)16(15)18(23)24)20-12-8-19-21(10-12)9-11-4-2-1-3-5-11/h1-5,8,10,13-16H,6-7,9H2,(H,20,22)(H,23,24)/t13-,14+,15+,16+/m1/s1. The van der Waals surface area contributed by atoms with Crippen molar-refractivity contribution >= 4 is 17.6 Å². The maximum absolute atomic E-state index is 12.6. The van der Waals surface area contributed by atoms with Crippen LogP contribution in [0.4, 0.5) is 5.69 Å². The van der Waals surface area contributed by atoms with Crippen molar-refractivity contribution in [1.82, 2.24) is 9.78 Å². The number of carbonyl (C=O) groups is 2. The van der Waals surface area contributed by atoms with E-state index < -0.39 is 17.8 Å². The molecule has 2 bridgehead atoms. The lowest BCUT2D eigenvalue weighted by molar-refractivity contribution is -0.147. The monoisotopic (exact) mass is 341 g/mol. The quantitative estimate of drug-likeness (QED) is 0.864. The number of anilines is 1. The molecule has 4 rings (SSSR count). The first-order valence-corrected chi connectivity index (χ1v) is 8.37. The third-order valence-electron chi connectivity index (χ3n) is 4.95. The van der Waals surface area contributed by atoms with Crippen LogP contribution in [-0.2, 0) is 20.9 Å². The summed E-state index contributed by atoms with van der Waals surface area (Å²) in [6, 6.07) is 9.88. The average molecular weight is 341 g/mol. The number of carboxylic acid groups (broad SMARTS) is 1. The number of aliphatic carboxylic acids is 1. The van der Waals surface area contributed by atoms with E-state index in [0.717, 1.165) is 12.0 Å². The zero-order valence-electron chi connectivity index (χ0n) is 13.5. The molecule has 0 saturated carbocycles. The number of fused-ring (bicyclic) bond motifs is 2. The Hall–Kier alpha value is -2.67. The lowest BCUT2D eigenvalue weighted by Crippen LogP contribution is -2.40. The highest BCUT2D eigenvalue weighted by Gasteiger charge is 2.55. The molecule has 1 aromatic carbocycles. The largest absolute Gasteiger partial charge is 0.481 e. The highest BCUT2D eigenvalue weighted by molar-refractivity contribution is 5.96. The lowest BCUT2D eigenvalue weighted by atomic mass is 9.78. The number of hydrogen-bond donors (Lipinski definition) is 2. The van der Waals surface area contributed by atoms with Gasteiger partial charge in [-0.05, 0) is 18.4 Å². The molecule has 2 N–H and O–H groups in total. The molecule has 25 heavy (non-hydrogen) atoms. The first kappa shape index (κ1) is 15.8. The SMILES string of the molecule is O=C(O)[C@@H]1[C@@H](C(=O)Nc2cnn(Cc3ccccc3)c2)[C@H]2CC[C@@H]1O2. The third kappa shape index (κ3) is 3.02. The van der Waals surface area contributed by atoms with Gasteiger partial charge in [0.2, 0.25) is 5.91 Å². The number of carbonyl (C=O) groups excluding carboxylic acids is 1. The van der Waals surface area contributed by atoms with Gasteiger partial charge in [-0.3, -0.25) is 14.3 Å². The normalized spacial score (nSPS) is 27.4. The minimum atomic E-state index is -0.966. The zero-order valence-corrected chi connectivity index (χ0v) is 13.5. The molecule has 0 unspecified atom stereocenters. The Morgan fingerprint density at radius 3 is 2.64 bits per heavy atom. The molecular weight excluding hydrogens is 322 g/mol. The predicted molar refractivity (Wildman–Crippen MR) is 88.9 cm³/mol. The lowest BCUT2D eigenvalue weighted by Gasteiger charge is -2.23. The fraction of sp³-hybridized carbons (Fsp3) is 0.389. The molecule has 7 nitrogen and oxygen atoms in total. The predicted octanol–water partition coefficient (Wildman–Crippen LogP) is 1.75. The number of carboxylic acids is 1. The molecule has 2 aliphatic rings. The Bertz CT molecular complexity index is 789. The van der Waals surface area contributed by atoms with E-state index >= 15 is 0 Å². The molecular formula is C18H19N3O4. The van der Waals surface area contributed by atoms with E-state index in [1.807, 2.05) is 30.3 Å². The number of amides is 1. The Morgan fingerprint density at radius 1 is 1.20 bits per heavy atom. The van der Waals surface area contributed by atoms with Crippen LogP contribution in [0.1, 0.15) is 18.4 Å². The van der Waals surface area contributed by atoms with Gasteiger partial charge in [-0.1, -0.05) is 30.3 Å². The summed E-state index contributed by atoms with van der Waals surface area (Å²) in [5.74, 6) is -2.68. The van der Waals surface area contributed by atoms with E-state index in [4.69, 9.17) is 4.74 Å². The van der Waals surface area contributed by atoms with Crippen molar-refractivity contribution in [2.24, 2.45) is 11.8 Å². The molecule has 3 heterocycles. The summed E-state index contributed by atoms with van der Waals surface area (Å²) in [5.41, 5.74) is 1.67. The Labute approximate surface area is 144 Å². The topological polar surface area (TPSA) is 93.5 Å². The summed E-state index contributed by atoms with van der Waals surface area (Å²) in [6.45, 7) is 0.603. The van der Waals surface area contributed by atoms with Crippen molar-refractivity contribution in [2.45, 2.75) is 31.6 Å². The molecule has 2 fully saturated rings. The van der Waals surface area contributed by atoms with Crippen LogP contribution in [0.3, 0.4) is 0 Å². The number of nitrogens with zero attached hydrogens (tertiary/aromatic N) is 2. The Balaban J connectivity index is 1.44. The van der Waals surface area contributed by atoms with E-state index in [9.17, 15) is 14.7 Å². The summed E-state index contributed by atoms with van der Waals surface area (Å²) < 4.78 is 7.37. The summed E-state index contributed by atoms with van der Waals surface area (Å²) in [7, 11) is 0. The molecule has 2 aliphatic heterocycles. The van der Waals surface area contributed by atoms with Crippen LogP contribution in [0.15, 0.2) is 42.7 Å². The summed E-state index contributed by atoms with van der Waals surface area (Å²) >= 11 is 0. The van der Waals surface area contributed by atoms with Gasteiger partial charge in [0.25, 0.3) is 0 Å². The number of rotatable bonds is 5. The van der Waals surface area contributed by atoms with Crippen molar-refractivity contribution in [3.05, 3.63) is 48.3 Å². The van der Waals surface area contributed by atoms with Gasteiger partial charge in [-0.2, -0.15) is 5.10 Å². The number of hydrogen-bond acceptors (Lipinski definition) is 4. The third-order valence-corrected chi connectivity index (χ3v) is 4.95. The van der Waals surface area contributed by atoms with E-state index in [0.29, 0.717) is 18.7 Å². The van der Waals surface area contributed by atoms with Crippen LogP contribution in [0, 0.1) is 11.8 Å². The van der Waals surface area contributed by atoms with Gasteiger partial charge >= 0.3 is 5.97 Å². The van der Waals surface area contributed by atoms with Gasteiger partial charge in [0.1, 0.15) is 0 Å². The van der Waals surface area contributed by atoms with Gasteiger partial charge in [0, 0.05) is 6.20 Å². The van der Waals surface area contributed by atoms with Crippen molar-refractivity contribution in [3.63, 3.8) is 0 Å². The second kappa shape index (κ2) is 6.33. The molecule has 0 spiro atoms.